The summed E-state index contributed by atoms with van der Waals surface area (Å²) in [6, 6.07) is -0.0742. The number of aromatic nitrogens is 4. The first-order valence-electron chi connectivity index (χ1n) is 8.49. The summed E-state index contributed by atoms with van der Waals surface area (Å²) >= 11 is 0. The SMILES string of the molecule is Cn1cc([C@@H](NC(=O)C2(Cn3ccnc3)CC2)C2CC(O)C2)cn1. The summed E-state index contributed by atoms with van der Waals surface area (Å²) in [5.74, 6) is 0.378. The maximum Gasteiger partial charge on any atom is 0.228 e. The van der Waals surface area contributed by atoms with Crippen LogP contribution < -0.4 is 5.32 Å². The quantitative estimate of drug-likeness (QED) is 0.829. The van der Waals surface area contributed by atoms with E-state index in [1.54, 1.807) is 17.2 Å². The molecule has 2 heterocycles. The maximum absolute atomic E-state index is 12.9. The van der Waals surface area contributed by atoms with E-state index in [0.29, 0.717) is 6.54 Å². The van der Waals surface area contributed by atoms with Crippen LogP contribution in [0.5, 0.6) is 0 Å². The van der Waals surface area contributed by atoms with Crippen LogP contribution >= 0.6 is 0 Å². The van der Waals surface area contributed by atoms with E-state index in [9.17, 15) is 9.90 Å². The molecule has 2 N–H and O–H groups in total. The minimum absolute atomic E-state index is 0.0742. The van der Waals surface area contributed by atoms with E-state index in [2.05, 4.69) is 15.4 Å². The number of carbonyl (C=O) groups is 1. The second-order valence-corrected chi connectivity index (χ2v) is 7.30. The molecular weight excluding hydrogens is 306 g/mol. The average Bonchev–Trinajstić information content (AvgIpc) is 2.92. The van der Waals surface area contributed by atoms with Gasteiger partial charge in [-0.1, -0.05) is 0 Å². The molecule has 0 unspecified atom stereocenters. The van der Waals surface area contributed by atoms with Gasteiger partial charge in [-0.15, -0.1) is 0 Å². The molecule has 24 heavy (non-hydrogen) atoms. The number of amides is 1. The third-order valence-electron chi connectivity index (χ3n) is 5.37. The third-order valence-corrected chi connectivity index (χ3v) is 5.37. The minimum atomic E-state index is -0.316. The van der Waals surface area contributed by atoms with Gasteiger partial charge < -0.3 is 15.0 Å². The summed E-state index contributed by atoms with van der Waals surface area (Å²) in [5.41, 5.74) is 0.699. The molecule has 128 valence electrons. The monoisotopic (exact) mass is 329 g/mol. The summed E-state index contributed by atoms with van der Waals surface area (Å²) in [4.78, 5) is 17.0. The van der Waals surface area contributed by atoms with Crippen LogP contribution in [0, 0.1) is 11.3 Å². The number of imidazole rings is 1. The Morgan fingerprint density at radius 1 is 1.50 bits per heavy atom. The van der Waals surface area contributed by atoms with E-state index in [-0.39, 0.29) is 29.4 Å². The lowest BCUT2D eigenvalue weighted by molar-refractivity contribution is -0.128. The molecule has 2 aromatic rings. The van der Waals surface area contributed by atoms with Crippen LogP contribution in [0.3, 0.4) is 0 Å². The average molecular weight is 329 g/mol. The van der Waals surface area contributed by atoms with Crippen molar-refractivity contribution < 1.29 is 9.90 Å². The van der Waals surface area contributed by atoms with Crippen LogP contribution in [0.15, 0.2) is 31.1 Å². The highest BCUT2D eigenvalue weighted by atomic mass is 16.3. The van der Waals surface area contributed by atoms with Crippen molar-refractivity contribution in [1.29, 1.82) is 0 Å². The fourth-order valence-electron chi connectivity index (χ4n) is 3.61. The van der Waals surface area contributed by atoms with Gasteiger partial charge in [-0.2, -0.15) is 5.10 Å². The second kappa shape index (κ2) is 5.73. The lowest BCUT2D eigenvalue weighted by Crippen LogP contribution is -2.44. The molecule has 7 heteroatoms. The van der Waals surface area contributed by atoms with Gasteiger partial charge >= 0.3 is 0 Å². The molecule has 0 spiro atoms. The molecule has 1 amide bonds. The van der Waals surface area contributed by atoms with Crippen molar-refractivity contribution in [2.75, 3.05) is 0 Å². The van der Waals surface area contributed by atoms with Gasteiger partial charge in [0.2, 0.25) is 5.91 Å². The van der Waals surface area contributed by atoms with Crippen molar-refractivity contribution in [3.05, 3.63) is 36.7 Å². The van der Waals surface area contributed by atoms with Crippen molar-refractivity contribution in [2.45, 2.75) is 44.4 Å². The molecule has 0 aromatic carbocycles. The van der Waals surface area contributed by atoms with Gasteiger partial charge in [0.1, 0.15) is 0 Å². The van der Waals surface area contributed by atoms with Crippen molar-refractivity contribution in [3.8, 4) is 0 Å². The Morgan fingerprint density at radius 2 is 2.29 bits per heavy atom. The number of nitrogens with zero attached hydrogens (tertiary/aromatic N) is 4. The van der Waals surface area contributed by atoms with E-state index in [1.165, 1.54) is 0 Å². The molecule has 2 fully saturated rings. The summed E-state index contributed by atoms with van der Waals surface area (Å²) in [6.45, 7) is 0.673. The molecular formula is C17H23N5O2. The zero-order valence-electron chi connectivity index (χ0n) is 13.8. The van der Waals surface area contributed by atoms with Crippen LogP contribution in [0.25, 0.3) is 0 Å². The highest BCUT2D eigenvalue weighted by Gasteiger charge is 2.51. The van der Waals surface area contributed by atoms with Gasteiger partial charge in [0.05, 0.1) is 30.1 Å². The number of aliphatic hydroxyl groups is 1. The molecule has 2 aromatic heterocycles. The summed E-state index contributed by atoms with van der Waals surface area (Å²) in [6.07, 6.45) is 12.2. The Labute approximate surface area is 140 Å². The standard InChI is InChI=1S/C17H23N5O2/c1-21-9-13(8-19-21)15(12-6-14(23)7-12)20-16(24)17(2-3-17)10-22-5-4-18-11-22/h4-5,8-9,11-12,14-15,23H,2-3,6-7,10H2,1H3,(H,20,24)/t12?,14?,15-/m0/s1. The largest absolute Gasteiger partial charge is 0.393 e. The minimum Gasteiger partial charge on any atom is -0.393 e. The van der Waals surface area contributed by atoms with Crippen molar-refractivity contribution in [3.63, 3.8) is 0 Å². The Morgan fingerprint density at radius 3 is 2.83 bits per heavy atom. The Bertz CT molecular complexity index is 713. The normalized spacial score (nSPS) is 25.8. The number of rotatable bonds is 6. The topological polar surface area (TPSA) is 85.0 Å². The molecule has 2 aliphatic rings. The molecule has 0 radical (unpaired) electrons. The van der Waals surface area contributed by atoms with Gasteiger partial charge in [0.15, 0.2) is 0 Å². The molecule has 0 bridgehead atoms. The van der Waals surface area contributed by atoms with E-state index >= 15 is 0 Å². The molecule has 2 saturated carbocycles. The Balaban J connectivity index is 1.49. The highest BCUT2D eigenvalue weighted by Crippen LogP contribution is 2.48. The number of carbonyl (C=O) groups excluding carboxylic acids is 1. The lowest BCUT2D eigenvalue weighted by Gasteiger charge is -2.38. The first-order valence-corrected chi connectivity index (χ1v) is 8.49. The Hall–Kier alpha value is -2.15. The number of aliphatic hydroxyl groups excluding tert-OH is 1. The van der Waals surface area contributed by atoms with Crippen LogP contribution in [-0.4, -0.2) is 36.4 Å². The van der Waals surface area contributed by atoms with E-state index < -0.39 is 0 Å². The summed E-state index contributed by atoms with van der Waals surface area (Å²) in [5, 5.41) is 17.1. The molecule has 1 atom stereocenters. The van der Waals surface area contributed by atoms with Crippen LogP contribution in [0.1, 0.15) is 37.3 Å². The lowest BCUT2D eigenvalue weighted by atomic mass is 9.75. The molecule has 0 aliphatic heterocycles. The molecule has 2 aliphatic carbocycles. The number of hydrogen-bond donors (Lipinski definition) is 2. The van der Waals surface area contributed by atoms with Crippen molar-refractivity contribution in [2.24, 2.45) is 18.4 Å². The van der Waals surface area contributed by atoms with Crippen molar-refractivity contribution in [1.82, 2.24) is 24.6 Å². The predicted molar refractivity (Wildman–Crippen MR) is 86.7 cm³/mol. The molecule has 7 nitrogen and oxygen atoms in total. The van der Waals surface area contributed by atoms with Gasteiger partial charge in [-0.05, 0) is 31.6 Å². The second-order valence-electron chi connectivity index (χ2n) is 7.30. The number of aryl methyl sites for hydroxylation is 1. The zero-order chi connectivity index (χ0) is 16.7. The summed E-state index contributed by atoms with van der Waals surface area (Å²) < 4.78 is 3.72. The smallest absolute Gasteiger partial charge is 0.228 e. The highest BCUT2D eigenvalue weighted by molar-refractivity contribution is 5.85. The van der Waals surface area contributed by atoms with E-state index in [4.69, 9.17) is 0 Å². The number of nitrogens with one attached hydrogen (secondary N) is 1. The van der Waals surface area contributed by atoms with Crippen LogP contribution in [-0.2, 0) is 18.4 Å². The van der Waals surface area contributed by atoms with Gasteiger partial charge in [-0.25, -0.2) is 4.98 Å². The zero-order valence-corrected chi connectivity index (χ0v) is 13.8. The number of hydrogen-bond acceptors (Lipinski definition) is 4. The van der Waals surface area contributed by atoms with Gasteiger partial charge in [0, 0.05) is 37.7 Å². The fourth-order valence-corrected chi connectivity index (χ4v) is 3.61. The van der Waals surface area contributed by atoms with Gasteiger partial charge in [0.25, 0.3) is 0 Å². The predicted octanol–water partition coefficient (Wildman–Crippen LogP) is 1.03. The Kier molecular flexibility index (Phi) is 3.68. The third kappa shape index (κ3) is 2.84. The van der Waals surface area contributed by atoms with Gasteiger partial charge in [-0.3, -0.25) is 9.48 Å². The summed E-state index contributed by atoms with van der Waals surface area (Å²) in [7, 11) is 1.87. The van der Waals surface area contributed by atoms with Crippen LogP contribution in [0.4, 0.5) is 0 Å². The first kappa shape index (κ1) is 15.4. The van der Waals surface area contributed by atoms with Crippen LogP contribution in [0.2, 0.25) is 0 Å². The maximum atomic E-state index is 12.9. The van der Waals surface area contributed by atoms with E-state index in [1.807, 2.05) is 30.2 Å². The first-order chi connectivity index (χ1) is 11.6. The fraction of sp³-hybridized carbons (Fsp3) is 0.588. The molecule has 4 rings (SSSR count). The van der Waals surface area contributed by atoms with E-state index in [0.717, 1.165) is 31.2 Å². The molecule has 0 saturated heterocycles. The van der Waals surface area contributed by atoms with Crippen molar-refractivity contribution >= 4 is 5.91 Å².